The molecule has 2 aliphatic heterocycles. The predicted octanol–water partition coefficient (Wildman–Crippen LogP) is 4.44. The van der Waals surface area contributed by atoms with E-state index in [2.05, 4.69) is 15.1 Å². The van der Waals surface area contributed by atoms with E-state index < -0.39 is 52.4 Å². The molecule has 3 aromatic rings. The van der Waals surface area contributed by atoms with Crippen molar-refractivity contribution in [3.8, 4) is 0 Å². The van der Waals surface area contributed by atoms with Gasteiger partial charge in [-0.25, -0.2) is 19.7 Å². The van der Waals surface area contributed by atoms with Crippen molar-refractivity contribution in [1.29, 1.82) is 0 Å². The van der Waals surface area contributed by atoms with Crippen LogP contribution in [0.5, 0.6) is 0 Å². The lowest BCUT2D eigenvalue weighted by Crippen LogP contribution is -2.51. The molecular weight excluding hydrogens is 511 g/mol. The number of para-hydroxylation sites is 1. The Bertz CT molecular complexity index is 1560. The number of aromatic nitrogens is 1. The molecule has 11 heteroatoms. The maximum Gasteiger partial charge on any atom is 0.302 e. The number of halogens is 3. The number of H-pyrrole nitrogens is 1. The number of fused-ring (bicyclic) bond motifs is 3. The highest BCUT2D eigenvalue weighted by molar-refractivity contribution is 6.07. The minimum absolute atomic E-state index is 0.0273. The Morgan fingerprint density at radius 1 is 1.21 bits per heavy atom. The molecule has 0 saturated carbocycles. The van der Waals surface area contributed by atoms with Gasteiger partial charge in [0.1, 0.15) is 23.0 Å². The molecule has 2 N–H and O–H groups in total. The number of hydrogen-bond acceptors (Lipinski definition) is 3. The number of nitrogens with zero attached hydrogens (tertiary/aromatic N) is 3. The van der Waals surface area contributed by atoms with E-state index in [0.717, 1.165) is 16.5 Å². The van der Waals surface area contributed by atoms with Crippen molar-refractivity contribution in [2.75, 3.05) is 18.9 Å². The van der Waals surface area contributed by atoms with Gasteiger partial charge >= 0.3 is 6.17 Å². The maximum absolute atomic E-state index is 14.3. The van der Waals surface area contributed by atoms with Crippen LogP contribution in [0.1, 0.15) is 42.7 Å². The van der Waals surface area contributed by atoms with Gasteiger partial charge in [-0.2, -0.15) is 0 Å². The topological polar surface area (TPSA) is 89.9 Å². The number of likely N-dealkylation sites (tertiary alicyclic amines) is 1. The van der Waals surface area contributed by atoms with Crippen LogP contribution < -0.4 is 5.32 Å². The second kappa shape index (κ2) is 9.45. The highest BCUT2D eigenvalue weighted by atomic mass is 19.2. The lowest BCUT2D eigenvalue weighted by molar-refractivity contribution is -0.136. The Kier molecular flexibility index (Phi) is 6.37. The molecule has 3 amide bonds. The molecule has 0 bridgehead atoms. The second-order valence-electron chi connectivity index (χ2n) is 10.5. The lowest BCUT2D eigenvalue weighted by atomic mass is 9.80. The standard InChI is InChI=1S/C28H26F3N5O3/c1-14(2)9-21(35(4)25(37)20-10-15-17(29)11-18(30)23(31)24(15)33-20)26(38)36-13-28(12-22(36)32-3)16-7-5-6-8-19(16)34-27(28)39/h5-8,10-11,14,21-22,33H,9,12-13H2,1-2,4H3,(H,34,39)/t21-,22-,28-/m0/s1. The fraction of sp³-hybridized carbons (Fsp3) is 0.357. The molecule has 3 atom stereocenters. The number of rotatable bonds is 5. The molecule has 39 heavy (non-hydrogen) atoms. The van der Waals surface area contributed by atoms with Gasteiger partial charge in [0, 0.05) is 30.7 Å². The second-order valence-corrected chi connectivity index (χ2v) is 10.5. The van der Waals surface area contributed by atoms with Crippen molar-refractivity contribution in [2.45, 2.75) is 44.3 Å². The van der Waals surface area contributed by atoms with Crippen molar-refractivity contribution in [2.24, 2.45) is 5.92 Å². The number of likely N-dealkylation sites (N-methyl/N-ethyl adjacent to an activating group) is 1. The number of benzene rings is 2. The summed E-state index contributed by atoms with van der Waals surface area (Å²) in [5.41, 5.74) is -0.431. The van der Waals surface area contributed by atoms with Gasteiger partial charge in [-0.3, -0.25) is 24.1 Å². The number of aromatic amines is 1. The molecule has 3 heterocycles. The number of anilines is 1. The summed E-state index contributed by atoms with van der Waals surface area (Å²) in [6.07, 6.45) is -0.578. The quantitative estimate of drug-likeness (QED) is 0.373. The average molecular weight is 538 g/mol. The maximum atomic E-state index is 14.3. The molecule has 202 valence electrons. The minimum Gasteiger partial charge on any atom is -0.348 e. The first kappa shape index (κ1) is 26.3. The molecule has 1 aromatic heterocycles. The van der Waals surface area contributed by atoms with E-state index in [0.29, 0.717) is 11.8 Å². The largest absolute Gasteiger partial charge is 0.348 e. The first-order chi connectivity index (χ1) is 18.5. The third kappa shape index (κ3) is 4.11. The van der Waals surface area contributed by atoms with Crippen LogP contribution in [0, 0.1) is 29.9 Å². The molecule has 5 rings (SSSR count). The Balaban J connectivity index is 1.48. The number of hydrogen-bond donors (Lipinski definition) is 2. The Morgan fingerprint density at radius 2 is 1.92 bits per heavy atom. The van der Waals surface area contributed by atoms with E-state index in [1.54, 1.807) is 24.3 Å². The van der Waals surface area contributed by atoms with E-state index in [1.807, 2.05) is 13.8 Å². The van der Waals surface area contributed by atoms with Crippen LogP contribution in [0.4, 0.5) is 18.9 Å². The molecule has 8 nitrogen and oxygen atoms in total. The van der Waals surface area contributed by atoms with E-state index in [1.165, 1.54) is 11.9 Å². The van der Waals surface area contributed by atoms with Gasteiger partial charge in [0.15, 0.2) is 11.6 Å². The summed E-state index contributed by atoms with van der Waals surface area (Å²) in [6.45, 7) is 11.5. The summed E-state index contributed by atoms with van der Waals surface area (Å²) in [6, 6.07) is 7.61. The molecule has 2 aromatic carbocycles. The van der Waals surface area contributed by atoms with Gasteiger partial charge in [0.25, 0.3) is 11.8 Å². The SMILES string of the molecule is [C-]#[N+][C@@H]1C[C@@]2(CN1C(=O)[C@H](CC(C)C)N(C)C(=O)c1cc3c(F)cc(F)c(F)c3[nH]1)C(=O)Nc1ccccc12. The Morgan fingerprint density at radius 3 is 2.62 bits per heavy atom. The van der Waals surface area contributed by atoms with Gasteiger partial charge in [0.2, 0.25) is 5.91 Å². The van der Waals surface area contributed by atoms with Crippen LogP contribution in [0.15, 0.2) is 36.4 Å². The highest BCUT2D eigenvalue weighted by Crippen LogP contribution is 2.47. The lowest BCUT2D eigenvalue weighted by Gasteiger charge is -2.32. The molecule has 0 aliphatic carbocycles. The zero-order valence-corrected chi connectivity index (χ0v) is 21.5. The van der Waals surface area contributed by atoms with E-state index in [-0.39, 0.29) is 42.3 Å². The van der Waals surface area contributed by atoms with Crippen LogP contribution >= 0.6 is 0 Å². The zero-order chi connectivity index (χ0) is 28.2. The normalized spacial score (nSPS) is 20.8. The molecular formula is C28H26F3N5O3. The van der Waals surface area contributed by atoms with Crippen molar-refractivity contribution in [3.05, 3.63) is 76.5 Å². The monoisotopic (exact) mass is 537 g/mol. The van der Waals surface area contributed by atoms with E-state index in [9.17, 15) is 27.6 Å². The van der Waals surface area contributed by atoms with Gasteiger partial charge in [-0.05, 0) is 30.0 Å². The number of nitrogens with one attached hydrogen (secondary N) is 2. The number of amides is 3. The average Bonchev–Trinajstić information content (AvgIpc) is 3.60. The summed E-state index contributed by atoms with van der Waals surface area (Å²) >= 11 is 0. The first-order valence-corrected chi connectivity index (χ1v) is 12.5. The van der Waals surface area contributed by atoms with E-state index in [4.69, 9.17) is 6.57 Å². The molecule has 2 aliphatic rings. The van der Waals surface area contributed by atoms with Crippen molar-refractivity contribution >= 4 is 34.3 Å². The molecule has 1 fully saturated rings. The van der Waals surface area contributed by atoms with Gasteiger partial charge in [-0.15, -0.1) is 0 Å². The van der Waals surface area contributed by atoms with Crippen molar-refractivity contribution in [3.63, 3.8) is 0 Å². The Labute approximate surface area is 222 Å². The van der Waals surface area contributed by atoms with Crippen LogP contribution in [-0.2, 0) is 15.0 Å². The third-order valence-electron chi connectivity index (χ3n) is 7.64. The van der Waals surface area contributed by atoms with Crippen LogP contribution in [-0.4, -0.2) is 58.3 Å². The first-order valence-electron chi connectivity index (χ1n) is 12.5. The predicted molar refractivity (Wildman–Crippen MR) is 137 cm³/mol. The van der Waals surface area contributed by atoms with Crippen LogP contribution in [0.3, 0.4) is 0 Å². The van der Waals surface area contributed by atoms with Crippen molar-refractivity contribution < 1.29 is 27.6 Å². The van der Waals surface area contributed by atoms with Gasteiger partial charge in [0.05, 0.1) is 11.9 Å². The summed E-state index contributed by atoms with van der Waals surface area (Å²) in [7, 11) is 1.39. The fourth-order valence-corrected chi connectivity index (χ4v) is 5.65. The third-order valence-corrected chi connectivity index (χ3v) is 7.64. The Hall–Kier alpha value is -4.33. The smallest absolute Gasteiger partial charge is 0.302 e. The van der Waals surface area contributed by atoms with Crippen molar-refractivity contribution in [1.82, 2.24) is 14.8 Å². The summed E-state index contributed by atoms with van der Waals surface area (Å²) < 4.78 is 42.2. The van der Waals surface area contributed by atoms with Gasteiger partial charge in [-0.1, -0.05) is 32.0 Å². The molecule has 0 unspecified atom stereocenters. The van der Waals surface area contributed by atoms with Crippen LogP contribution in [0.2, 0.25) is 0 Å². The molecule has 1 saturated heterocycles. The molecule has 1 spiro atoms. The molecule has 0 radical (unpaired) electrons. The highest BCUT2D eigenvalue weighted by Gasteiger charge is 2.59. The number of carbonyl (C=O) groups excluding carboxylic acids is 3. The van der Waals surface area contributed by atoms with E-state index >= 15 is 0 Å². The number of carbonyl (C=O) groups is 3. The van der Waals surface area contributed by atoms with Gasteiger partial charge < -0.3 is 15.2 Å². The summed E-state index contributed by atoms with van der Waals surface area (Å²) in [4.78, 5) is 49.1. The zero-order valence-electron chi connectivity index (χ0n) is 21.5. The summed E-state index contributed by atoms with van der Waals surface area (Å²) in [5, 5.41) is 2.55. The minimum atomic E-state index is -1.40. The fourth-order valence-electron chi connectivity index (χ4n) is 5.65. The van der Waals surface area contributed by atoms with Crippen LogP contribution in [0.25, 0.3) is 15.7 Å². The summed E-state index contributed by atoms with van der Waals surface area (Å²) in [5.74, 6) is -5.32.